The number of hydrogen-bond donors (Lipinski definition) is 1. The maximum Gasteiger partial charge on any atom is 0.218 e. The van der Waals surface area contributed by atoms with E-state index in [1.54, 1.807) is 12.1 Å². The molecule has 16 heavy (non-hydrogen) atoms. The Morgan fingerprint density at radius 3 is 2.19 bits per heavy atom. The number of halogens is 1. The highest BCUT2D eigenvalue weighted by molar-refractivity contribution is 5.74. The molecule has 88 valence electrons. The van der Waals surface area contributed by atoms with Crippen LogP contribution >= 0.6 is 0 Å². The summed E-state index contributed by atoms with van der Waals surface area (Å²) in [5, 5.41) is 0. The van der Waals surface area contributed by atoms with E-state index in [4.69, 9.17) is 5.73 Å². The van der Waals surface area contributed by atoms with E-state index in [0.717, 1.165) is 5.56 Å². The van der Waals surface area contributed by atoms with Gasteiger partial charge in [0.25, 0.3) is 0 Å². The topological polar surface area (TPSA) is 43.1 Å². The summed E-state index contributed by atoms with van der Waals surface area (Å²) in [4.78, 5) is 11.0. The summed E-state index contributed by atoms with van der Waals surface area (Å²) in [5.41, 5.74) is 6.12. The molecule has 1 aromatic carbocycles. The summed E-state index contributed by atoms with van der Waals surface area (Å²) in [6.45, 7) is 6.14. The van der Waals surface area contributed by atoms with Crippen molar-refractivity contribution in [1.29, 1.82) is 0 Å². The van der Waals surface area contributed by atoms with Crippen molar-refractivity contribution < 1.29 is 9.18 Å². The number of rotatable bonds is 3. The van der Waals surface area contributed by atoms with Gasteiger partial charge in [0.05, 0.1) is 0 Å². The quantitative estimate of drug-likeness (QED) is 0.841. The fourth-order valence-corrected chi connectivity index (χ4v) is 1.82. The molecule has 0 saturated carbocycles. The fourth-order valence-electron chi connectivity index (χ4n) is 1.82. The van der Waals surface area contributed by atoms with E-state index >= 15 is 0 Å². The van der Waals surface area contributed by atoms with Crippen molar-refractivity contribution in [1.82, 2.24) is 0 Å². The van der Waals surface area contributed by atoms with Gasteiger partial charge >= 0.3 is 0 Å². The largest absolute Gasteiger partial charge is 0.370 e. The fraction of sp³-hybridized carbons (Fsp3) is 0.462. The lowest BCUT2D eigenvalue weighted by atomic mass is 9.74. The molecule has 2 N–H and O–H groups in total. The van der Waals surface area contributed by atoms with E-state index in [9.17, 15) is 9.18 Å². The molecule has 0 radical (unpaired) electrons. The summed E-state index contributed by atoms with van der Waals surface area (Å²) in [7, 11) is 0. The van der Waals surface area contributed by atoms with Crippen LogP contribution in [0.3, 0.4) is 0 Å². The molecule has 0 bridgehead atoms. The Morgan fingerprint density at radius 1 is 1.31 bits per heavy atom. The first kappa shape index (κ1) is 12.7. The van der Waals surface area contributed by atoms with Crippen LogP contribution in [0, 0.1) is 11.2 Å². The molecule has 3 heteroatoms. The van der Waals surface area contributed by atoms with Crippen LogP contribution < -0.4 is 5.73 Å². The normalized spacial score (nSPS) is 13.5. The molecule has 1 unspecified atom stereocenters. The van der Waals surface area contributed by atoms with Gasteiger partial charge in [0.15, 0.2) is 0 Å². The van der Waals surface area contributed by atoms with Gasteiger partial charge in [0.1, 0.15) is 5.82 Å². The van der Waals surface area contributed by atoms with Gasteiger partial charge in [0, 0.05) is 6.42 Å². The average molecular weight is 223 g/mol. The molecule has 1 rings (SSSR count). The molecule has 2 nitrogen and oxygen atoms in total. The second kappa shape index (κ2) is 4.64. The molecule has 0 spiro atoms. The van der Waals surface area contributed by atoms with E-state index in [2.05, 4.69) is 0 Å². The Bertz CT molecular complexity index is 365. The van der Waals surface area contributed by atoms with Crippen LogP contribution in [-0.4, -0.2) is 5.91 Å². The third-order valence-corrected chi connectivity index (χ3v) is 2.72. The van der Waals surface area contributed by atoms with Crippen LogP contribution in [0.15, 0.2) is 24.3 Å². The number of nitrogens with two attached hydrogens (primary N) is 1. The highest BCUT2D eigenvalue weighted by atomic mass is 19.1. The predicted molar refractivity (Wildman–Crippen MR) is 62.4 cm³/mol. The standard InChI is InChI=1S/C13H18FNO/c1-13(2,3)11(8-12(15)16)9-4-6-10(14)7-5-9/h4-7,11H,8H2,1-3H3,(H2,15,16). The highest BCUT2D eigenvalue weighted by Crippen LogP contribution is 2.37. The second-order valence-electron chi connectivity index (χ2n) is 5.14. The van der Waals surface area contributed by atoms with E-state index < -0.39 is 0 Å². The minimum absolute atomic E-state index is 0.0191. The zero-order valence-electron chi connectivity index (χ0n) is 9.96. The number of primary amides is 1. The molecule has 0 saturated heterocycles. The summed E-state index contributed by atoms with van der Waals surface area (Å²) in [5.74, 6) is -0.578. The van der Waals surface area contributed by atoms with Crippen molar-refractivity contribution in [2.75, 3.05) is 0 Å². The van der Waals surface area contributed by atoms with Crippen LogP contribution in [0.5, 0.6) is 0 Å². The van der Waals surface area contributed by atoms with Gasteiger partial charge in [-0.2, -0.15) is 0 Å². The highest BCUT2D eigenvalue weighted by Gasteiger charge is 2.27. The maximum absolute atomic E-state index is 12.8. The van der Waals surface area contributed by atoms with Gasteiger partial charge in [-0.25, -0.2) is 4.39 Å². The smallest absolute Gasteiger partial charge is 0.218 e. The van der Waals surface area contributed by atoms with E-state index in [-0.39, 0.29) is 29.5 Å². The molecule has 0 aliphatic heterocycles. The lowest BCUT2D eigenvalue weighted by Crippen LogP contribution is -2.24. The molecule has 0 heterocycles. The Morgan fingerprint density at radius 2 is 1.81 bits per heavy atom. The van der Waals surface area contributed by atoms with Gasteiger partial charge in [-0.1, -0.05) is 32.9 Å². The van der Waals surface area contributed by atoms with Gasteiger partial charge in [-0.15, -0.1) is 0 Å². The van der Waals surface area contributed by atoms with Crippen LogP contribution in [0.1, 0.15) is 38.7 Å². The second-order valence-corrected chi connectivity index (χ2v) is 5.14. The van der Waals surface area contributed by atoms with Crippen molar-refractivity contribution in [2.45, 2.75) is 33.1 Å². The zero-order chi connectivity index (χ0) is 12.3. The molecular formula is C13H18FNO. The number of hydrogen-bond acceptors (Lipinski definition) is 1. The molecule has 1 atom stereocenters. The molecule has 0 aromatic heterocycles. The summed E-state index contributed by atoms with van der Waals surface area (Å²) in [6, 6.07) is 6.26. The maximum atomic E-state index is 12.8. The van der Waals surface area contributed by atoms with Crippen LogP contribution in [0.2, 0.25) is 0 Å². The summed E-state index contributed by atoms with van der Waals surface area (Å²) < 4.78 is 12.8. The lowest BCUT2D eigenvalue weighted by Gasteiger charge is -2.30. The van der Waals surface area contributed by atoms with Crippen LogP contribution in [0.25, 0.3) is 0 Å². The van der Waals surface area contributed by atoms with Crippen molar-refractivity contribution >= 4 is 5.91 Å². The molecule has 0 aliphatic rings. The number of benzene rings is 1. The lowest BCUT2D eigenvalue weighted by molar-refractivity contribution is -0.118. The van der Waals surface area contributed by atoms with Crippen LogP contribution in [0.4, 0.5) is 4.39 Å². The Hall–Kier alpha value is -1.38. The molecule has 0 fully saturated rings. The van der Waals surface area contributed by atoms with E-state index in [1.165, 1.54) is 12.1 Å². The SMILES string of the molecule is CC(C)(C)C(CC(N)=O)c1ccc(F)cc1. The Kier molecular flexibility index (Phi) is 3.68. The number of carbonyl (C=O) groups is 1. The molecule has 1 aromatic rings. The van der Waals surface area contributed by atoms with Crippen LogP contribution in [-0.2, 0) is 4.79 Å². The third-order valence-electron chi connectivity index (χ3n) is 2.72. The van der Waals surface area contributed by atoms with Gasteiger partial charge in [-0.05, 0) is 29.0 Å². The molecule has 1 amide bonds. The first-order valence-electron chi connectivity index (χ1n) is 5.34. The molecule has 0 aliphatic carbocycles. The van der Waals surface area contributed by atoms with Crippen molar-refractivity contribution in [3.05, 3.63) is 35.6 Å². The van der Waals surface area contributed by atoms with E-state index in [1.807, 2.05) is 20.8 Å². The summed E-state index contributed by atoms with van der Waals surface area (Å²) >= 11 is 0. The number of carbonyl (C=O) groups excluding carboxylic acids is 1. The Balaban J connectivity index is 3.01. The zero-order valence-corrected chi connectivity index (χ0v) is 9.96. The van der Waals surface area contributed by atoms with Crippen molar-refractivity contribution in [3.8, 4) is 0 Å². The first-order valence-corrected chi connectivity index (χ1v) is 5.34. The average Bonchev–Trinajstić information content (AvgIpc) is 2.14. The van der Waals surface area contributed by atoms with Gasteiger partial charge < -0.3 is 5.73 Å². The van der Waals surface area contributed by atoms with Crippen molar-refractivity contribution in [2.24, 2.45) is 11.1 Å². The van der Waals surface area contributed by atoms with Gasteiger partial charge in [0.2, 0.25) is 5.91 Å². The Labute approximate surface area is 95.7 Å². The number of amides is 1. The summed E-state index contributed by atoms with van der Waals surface area (Å²) in [6.07, 6.45) is 0.287. The first-order chi connectivity index (χ1) is 7.30. The van der Waals surface area contributed by atoms with Crippen molar-refractivity contribution in [3.63, 3.8) is 0 Å². The third kappa shape index (κ3) is 3.33. The minimum Gasteiger partial charge on any atom is -0.370 e. The van der Waals surface area contributed by atoms with Gasteiger partial charge in [-0.3, -0.25) is 4.79 Å². The molecular weight excluding hydrogens is 205 g/mol. The predicted octanol–water partition coefficient (Wildman–Crippen LogP) is 2.83. The van der Waals surface area contributed by atoms with E-state index in [0.29, 0.717) is 0 Å². The monoisotopic (exact) mass is 223 g/mol. The minimum atomic E-state index is -0.329.